The number of ether oxygens (including phenoxy) is 1. The first-order chi connectivity index (χ1) is 15.6. The Balaban J connectivity index is 1.47. The summed E-state index contributed by atoms with van der Waals surface area (Å²) in [5.74, 6) is -2.91. The van der Waals surface area contributed by atoms with E-state index in [0.29, 0.717) is 24.7 Å². The largest absolute Gasteiger partial charge is 0.476 e. The van der Waals surface area contributed by atoms with Gasteiger partial charge in [0.1, 0.15) is 12.4 Å². The fourth-order valence-electron chi connectivity index (χ4n) is 3.82. The van der Waals surface area contributed by atoms with Crippen LogP contribution in [0.3, 0.4) is 0 Å². The number of anilines is 1. The maximum absolute atomic E-state index is 14.1. The van der Waals surface area contributed by atoms with Crippen LogP contribution < -0.4 is 14.4 Å². The minimum Gasteiger partial charge on any atom is -0.476 e. The highest BCUT2D eigenvalue weighted by atomic mass is 32.2. The summed E-state index contributed by atoms with van der Waals surface area (Å²) in [7, 11) is -1.84. The lowest BCUT2D eigenvalue weighted by atomic mass is 9.93. The van der Waals surface area contributed by atoms with Gasteiger partial charge in [0.15, 0.2) is 0 Å². The maximum Gasteiger partial charge on any atom is 0.252 e. The van der Waals surface area contributed by atoms with Crippen LogP contribution in [0.2, 0.25) is 0 Å². The van der Waals surface area contributed by atoms with Gasteiger partial charge in [0, 0.05) is 51.1 Å². The minimum atomic E-state index is -3.86. The van der Waals surface area contributed by atoms with E-state index < -0.39 is 28.2 Å². The zero-order chi connectivity index (χ0) is 23.6. The molecule has 0 atom stereocenters. The third-order valence-electron chi connectivity index (χ3n) is 5.75. The van der Waals surface area contributed by atoms with E-state index in [0.717, 1.165) is 37.4 Å². The SMILES string of the molecule is CN1CCN(c2nc3c(c(OCCNS(=O)(=O)c4ccc(F)cc4)n2)CC(F)(F)CC3)CC1. The second kappa shape index (κ2) is 9.43. The zero-order valence-electron chi connectivity index (χ0n) is 18.2. The summed E-state index contributed by atoms with van der Waals surface area (Å²) in [6, 6.07) is 4.42. The van der Waals surface area contributed by atoms with Gasteiger partial charge in [-0.05, 0) is 37.7 Å². The topological polar surface area (TPSA) is 87.7 Å². The van der Waals surface area contributed by atoms with Crippen molar-refractivity contribution in [2.45, 2.75) is 30.1 Å². The number of alkyl halides is 2. The van der Waals surface area contributed by atoms with Gasteiger partial charge in [-0.2, -0.15) is 4.98 Å². The highest BCUT2D eigenvalue weighted by molar-refractivity contribution is 7.89. The van der Waals surface area contributed by atoms with Gasteiger partial charge >= 0.3 is 0 Å². The lowest BCUT2D eigenvalue weighted by Crippen LogP contribution is -2.45. The van der Waals surface area contributed by atoms with Gasteiger partial charge in [0.25, 0.3) is 5.92 Å². The van der Waals surface area contributed by atoms with E-state index in [2.05, 4.69) is 19.6 Å². The molecule has 1 aliphatic carbocycles. The van der Waals surface area contributed by atoms with Crippen molar-refractivity contribution in [2.24, 2.45) is 0 Å². The number of rotatable bonds is 7. The van der Waals surface area contributed by atoms with Crippen molar-refractivity contribution in [3.8, 4) is 5.88 Å². The zero-order valence-corrected chi connectivity index (χ0v) is 19.0. The molecule has 0 amide bonds. The Hall–Kier alpha value is -2.44. The molecule has 1 fully saturated rings. The second-order valence-corrected chi connectivity index (χ2v) is 10.0. The fraction of sp³-hybridized carbons (Fsp3) is 0.524. The molecule has 0 spiro atoms. The Morgan fingerprint density at radius 1 is 1.12 bits per heavy atom. The number of hydrogen-bond acceptors (Lipinski definition) is 7. The number of sulfonamides is 1. The van der Waals surface area contributed by atoms with E-state index >= 15 is 0 Å². The molecule has 33 heavy (non-hydrogen) atoms. The van der Waals surface area contributed by atoms with Crippen molar-refractivity contribution in [1.29, 1.82) is 0 Å². The van der Waals surface area contributed by atoms with E-state index in [1.165, 1.54) is 0 Å². The van der Waals surface area contributed by atoms with Crippen molar-refractivity contribution < 1.29 is 26.3 Å². The molecule has 0 saturated carbocycles. The molecule has 0 bridgehead atoms. The summed E-state index contributed by atoms with van der Waals surface area (Å²) >= 11 is 0. The number of benzene rings is 1. The second-order valence-electron chi connectivity index (χ2n) is 8.28. The number of nitrogens with zero attached hydrogens (tertiary/aromatic N) is 4. The number of nitrogens with one attached hydrogen (secondary N) is 1. The van der Waals surface area contributed by atoms with Gasteiger partial charge in [-0.1, -0.05) is 0 Å². The molecule has 180 valence electrons. The number of fused-ring (bicyclic) bond motifs is 1. The minimum absolute atomic E-state index is 0.0642. The first kappa shape index (κ1) is 23.7. The van der Waals surface area contributed by atoms with E-state index in [4.69, 9.17) is 4.74 Å². The molecular weight excluding hydrogens is 459 g/mol. The first-order valence-corrected chi connectivity index (χ1v) is 12.2. The highest BCUT2D eigenvalue weighted by Crippen LogP contribution is 2.37. The monoisotopic (exact) mass is 485 g/mol. The van der Waals surface area contributed by atoms with Gasteiger partial charge in [-0.25, -0.2) is 31.3 Å². The predicted octanol–water partition coefficient (Wildman–Crippen LogP) is 1.85. The summed E-state index contributed by atoms with van der Waals surface area (Å²) in [6.07, 6.45) is -0.669. The van der Waals surface area contributed by atoms with Gasteiger partial charge in [0.05, 0.1) is 10.6 Å². The number of halogens is 3. The Bertz CT molecular complexity index is 1090. The van der Waals surface area contributed by atoms with Crippen LogP contribution in [0.15, 0.2) is 29.2 Å². The lowest BCUT2D eigenvalue weighted by molar-refractivity contribution is -0.0137. The lowest BCUT2D eigenvalue weighted by Gasteiger charge is -2.33. The van der Waals surface area contributed by atoms with Crippen LogP contribution in [0.1, 0.15) is 17.7 Å². The van der Waals surface area contributed by atoms with Crippen LogP contribution in [0, 0.1) is 5.82 Å². The van der Waals surface area contributed by atoms with Crippen molar-refractivity contribution in [3.05, 3.63) is 41.3 Å². The normalized spacial score (nSPS) is 18.7. The predicted molar refractivity (Wildman–Crippen MR) is 116 cm³/mol. The number of aromatic nitrogens is 2. The Morgan fingerprint density at radius 2 is 1.82 bits per heavy atom. The van der Waals surface area contributed by atoms with Crippen LogP contribution in [0.5, 0.6) is 5.88 Å². The van der Waals surface area contributed by atoms with E-state index in [1.807, 2.05) is 11.9 Å². The van der Waals surface area contributed by atoms with E-state index in [9.17, 15) is 21.6 Å². The van der Waals surface area contributed by atoms with Gasteiger partial charge < -0.3 is 14.5 Å². The Morgan fingerprint density at radius 3 is 2.52 bits per heavy atom. The third-order valence-corrected chi connectivity index (χ3v) is 7.23. The highest BCUT2D eigenvalue weighted by Gasteiger charge is 2.38. The van der Waals surface area contributed by atoms with Crippen LogP contribution >= 0.6 is 0 Å². The van der Waals surface area contributed by atoms with Gasteiger partial charge in [-0.3, -0.25) is 0 Å². The van der Waals surface area contributed by atoms with Crippen molar-refractivity contribution in [2.75, 3.05) is 51.3 Å². The molecule has 12 heteroatoms. The van der Waals surface area contributed by atoms with E-state index in [-0.39, 0.29) is 42.3 Å². The molecule has 1 aliphatic heterocycles. The third kappa shape index (κ3) is 5.74. The smallest absolute Gasteiger partial charge is 0.252 e. The average molecular weight is 486 g/mol. The first-order valence-electron chi connectivity index (χ1n) is 10.7. The molecule has 1 aromatic carbocycles. The molecule has 8 nitrogen and oxygen atoms in total. The quantitative estimate of drug-likeness (QED) is 0.599. The van der Waals surface area contributed by atoms with Gasteiger partial charge in [-0.15, -0.1) is 0 Å². The van der Waals surface area contributed by atoms with Crippen LogP contribution in [0.4, 0.5) is 19.1 Å². The number of likely N-dealkylation sites (N-methyl/N-ethyl adjacent to an activating group) is 1. The molecular formula is C21H26F3N5O3S. The van der Waals surface area contributed by atoms with Crippen molar-refractivity contribution >= 4 is 16.0 Å². The summed E-state index contributed by atoms with van der Waals surface area (Å²) in [6.45, 7) is 2.86. The van der Waals surface area contributed by atoms with Crippen LogP contribution in [0.25, 0.3) is 0 Å². The summed E-state index contributed by atoms with van der Waals surface area (Å²) in [4.78, 5) is 13.1. The number of piperazine rings is 1. The standard InChI is InChI=1S/C21H26F3N5O3S/c1-28-9-11-29(12-10-28)20-26-18-6-7-21(23,24)14-17(18)19(27-20)32-13-8-25-33(30,31)16-4-2-15(22)3-5-16/h2-5,25H,6-14H2,1H3. The van der Waals surface area contributed by atoms with Crippen LogP contribution in [-0.2, 0) is 22.9 Å². The maximum atomic E-state index is 14.1. The molecule has 2 aliphatic rings. The molecule has 4 rings (SSSR count). The summed E-state index contributed by atoms with van der Waals surface area (Å²) in [5.41, 5.74) is 0.817. The van der Waals surface area contributed by atoms with E-state index in [1.54, 1.807) is 0 Å². The Labute approximate surface area is 190 Å². The van der Waals surface area contributed by atoms with Gasteiger partial charge in [0.2, 0.25) is 21.9 Å². The molecule has 1 saturated heterocycles. The number of hydrogen-bond donors (Lipinski definition) is 1. The molecule has 2 aromatic rings. The average Bonchev–Trinajstić information content (AvgIpc) is 2.77. The van der Waals surface area contributed by atoms with Crippen LogP contribution in [-0.4, -0.2) is 75.6 Å². The fourth-order valence-corrected chi connectivity index (χ4v) is 4.83. The molecule has 1 N–H and O–H groups in total. The van der Waals surface area contributed by atoms with Crippen molar-refractivity contribution in [3.63, 3.8) is 0 Å². The molecule has 0 unspecified atom stereocenters. The number of aryl methyl sites for hydroxylation is 1. The van der Waals surface area contributed by atoms with Crippen molar-refractivity contribution in [1.82, 2.24) is 19.6 Å². The Kier molecular flexibility index (Phi) is 6.78. The summed E-state index contributed by atoms with van der Waals surface area (Å²) < 4.78 is 73.9. The molecule has 1 aromatic heterocycles. The molecule has 0 radical (unpaired) electrons. The summed E-state index contributed by atoms with van der Waals surface area (Å²) in [5, 5.41) is 0. The molecule has 2 heterocycles.